The van der Waals surface area contributed by atoms with E-state index in [4.69, 9.17) is 9.72 Å². The van der Waals surface area contributed by atoms with E-state index in [9.17, 15) is 4.79 Å². The van der Waals surface area contributed by atoms with Crippen LogP contribution in [-0.2, 0) is 13.5 Å². The topological polar surface area (TPSA) is 69.0 Å². The molecule has 2 aromatic heterocycles. The van der Waals surface area contributed by atoms with E-state index >= 15 is 0 Å². The Bertz CT molecular complexity index is 1170. The van der Waals surface area contributed by atoms with Crippen LogP contribution >= 0.6 is 0 Å². The zero-order valence-electron chi connectivity index (χ0n) is 17.1. The van der Waals surface area contributed by atoms with Crippen LogP contribution in [0.5, 0.6) is 5.75 Å². The number of para-hydroxylation sites is 1. The van der Waals surface area contributed by atoms with Gasteiger partial charge < -0.3 is 10.1 Å². The van der Waals surface area contributed by atoms with Crippen LogP contribution in [0.3, 0.4) is 0 Å². The monoisotopic (exact) mass is 400 g/mol. The Hall–Kier alpha value is -3.67. The molecule has 30 heavy (non-hydrogen) atoms. The average molecular weight is 400 g/mol. The van der Waals surface area contributed by atoms with Crippen molar-refractivity contribution in [3.63, 3.8) is 0 Å². The average Bonchev–Trinajstić information content (AvgIpc) is 3.13. The normalized spacial score (nSPS) is 10.9. The second-order valence-corrected chi connectivity index (χ2v) is 7.09. The van der Waals surface area contributed by atoms with Crippen molar-refractivity contribution < 1.29 is 9.53 Å². The Kier molecular flexibility index (Phi) is 5.75. The zero-order valence-corrected chi connectivity index (χ0v) is 17.1. The lowest BCUT2D eigenvalue weighted by Gasteiger charge is -2.08. The summed E-state index contributed by atoms with van der Waals surface area (Å²) in [4.78, 5) is 17.4. The third kappa shape index (κ3) is 4.03. The van der Waals surface area contributed by atoms with Crippen molar-refractivity contribution in [3.8, 4) is 17.0 Å². The molecule has 2 aromatic carbocycles. The fraction of sp³-hybridized carbons (Fsp3) is 0.208. The van der Waals surface area contributed by atoms with Crippen LogP contribution < -0.4 is 10.1 Å². The summed E-state index contributed by atoms with van der Waals surface area (Å²) in [6.45, 7) is 0.596. The van der Waals surface area contributed by atoms with E-state index in [2.05, 4.69) is 22.5 Å². The molecule has 1 amide bonds. The molecular weight excluding hydrogens is 376 g/mol. The Balaban J connectivity index is 1.50. The van der Waals surface area contributed by atoms with E-state index in [1.165, 1.54) is 5.56 Å². The largest absolute Gasteiger partial charge is 0.496 e. The van der Waals surface area contributed by atoms with E-state index in [0.717, 1.165) is 35.2 Å². The van der Waals surface area contributed by atoms with Crippen molar-refractivity contribution >= 4 is 16.9 Å². The fourth-order valence-corrected chi connectivity index (χ4v) is 3.53. The van der Waals surface area contributed by atoms with Gasteiger partial charge in [0.2, 0.25) is 0 Å². The minimum Gasteiger partial charge on any atom is -0.496 e. The van der Waals surface area contributed by atoms with Crippen molar-refractivity contribution in [1.82, 2.24) is 20.1 Å². The van der Waals surface area contributed by atoms with Gasteiger partial charge in [0, 0.05) is 19.2 Å². The second kappa shape index (κ2) is 8.78. The van der Waals surface area contributed by atoms with Crippen molar-refractivity contribution in [2.24, 2.45) is 7.05 Å². The summed E-state index contributed by atoms with van der Waals surface area (Å²) < 4.78 is 7.09. The van der Waals surface area contributed by atoms with Crippen LogP contribution in [0.15, 0.2) is 66.7 Å². The number of carbonyl (C=O) groups excluding carboxylic acids is 1. The van der Waals surface area contributed by atoms with E-state index < -0.39 is 0 Å². The van der Waals surface area contributed by atoms with Crippen molar-refractivity contribution in [1.29, 1.82) is 0 Å². The number of nitrogens with zero attached hydrogens (tertiary/aromatic N) is 3. The number of rotatable bonds is 7. The molecule has 0 aliphatic rings. The number of fused-ring (bicyclic) bond motifs is 1. The third-order valence-corrected chi connectivity index (χ3v) is 5.06. The molecule has 4 aromatic rings. The Morgan fingerprint density at radius 2 is 1.80 bits per heavy atom. The predicted molar refractivity (Wildman–Crippen MR) is 118 cm³/mol. The van der Waals surface area contributed by atoms with Crippen molar-refractivity contribution in [3.05, 3.63) is 78.0 Å². The lowest BCUT2D eigenvalue weighted by atomic mass is 10.1. The van der Waals surface area contributed by atoms with Crippen LogP contribution in [0.25, 0.3) is 22.3 Å². The number of ether oxygens (including phenoxy) is 1. The van der Waals surface area contributed by atoms with Crippen LogP contribution in [0, 0.1) is 0 Å². The van der Waals surface area contributed by atoms with Gasteiger partial charge in [-0.2, -0.15) is 5.10 Å². The molecule has 0 unspecified atom stereocenters. The van der Waals surface area contributed by atoms with Crippen LogP contribution in [0.4, 0.5) is 0 Å². The summed E-state index contributed by atoms with van der Waals surface area (Å²) in [5.74, 6) is 0.573. The molecule has 0 saturated heterocycles. The van der Waals surface area contributed by atoms with E-state index in [0.29, 0.717) is 17.9 Å². The molecule has 152 valence electrons. The molecule has 0 aliphatic heterocycles. The van der Waals surface area contributed by atoms with Gasteiger partial charge in [-0.05, 0) is 42.7 Å². The first kappa shape index (κ1) is 19.6. The number of hydrogen-bond acceptors (Lipinski definition) is 4. The molecule has 6 heteroatoms. The summed E-state index contributed by atoms with van der Waals surface area (Å²) in [6, 6.07) is 21.8. The van der Waals surface area contributed by atoms with E-state index in [-0.39, 0.29) is 5.91 Å². The van der Waals surface area contributed by atoms with Gasteiger partial charge in [0.1, 0.15) is 5.75 Å². The highest BCUT2D eigenvalue weighted by Gasteiger charge is 2.18. The molecule has 0 aliphatic carbocycles. The number of nitrogens with one attached hydrogen (secondary N) is 1. The molecule has 0 atom stereocenters. The smallest absolute Gasteiger partial charge is 0.272 e. The molecule has 4 rings (SSSR count). The predicted octanol–water partition coefficient (Wildman–Crippen LogP) is 4.01. The maximum atomic E-state index is 12.7. The summed E-state index contributed by atoms with van der Waals surface area (Å²) in [5, 5.41) is 8.12. The van der Waals surface area contributed by atoms with Gasteiger partial charge >= 0.3 is 0 Å². The number of hydrogen-bond donors (Lipinski definition) is 1. The Morgan fingerprint density at radius 1 is 1.03 bits per heavy atom. The second-order valence-electron chi connectivity index (χ2n) is 7.09. The van der Waals surface area contributed by atoms with Crippen molar-refractivity contribution in [2.75, 3.05) is 13.7 Å². The lowest BCUT2D eigenvalue weighted by Crippen LogP contribution is -2.25. The molecule has 0 radical (unpaired) electrons. The first-order valence-corrected chi connectivity index (χ1v) is 9.96. The number of carbonyl (C=O) groups is 1. The number of amides is 1. The van der Waals surface area contributed by atoms with Crippen LogP contribution in [0.2, 0.25) is 0 Å². The van der Waals surface area contributed by atoms with E-state index in [1.807, 2.05) is 54.6 Å². The van der Waals surface area contributed by atoms with Crippen LogP contribution in [-0.4, -0.2) is 34.3 Å². The summed E-state index contributed by atoms with van der Waals surface area (Å²) in [5.41, 5.74) is 4.00. The number of methoxy groups -OCH3 is 1. The van der Waals surface area contributed by atoms with Gasteiger partial charge in [-0.3, -0.25) is 4.79 Å². The number of aryl methyl sites for hydroxylation is 2. The number of benzene rings is 2. The molecule has 0 spiro atoms. The lowest BCUT2D eigenvalue weighted by molar-refractivity contribution is 0.0949. The van der Waals surface area contributed by atoms with Gasteiger partial charge in [-0.25, -0.2) is 9.67 Å². The van der Waals surface area contributed by atoms with Gasteiger partial charge in [0.15, 0.2) is 11.3 Å². The van der Waals surface area contributed by atoms with E-state index in [1.54, 1.807) is 18.8 Å². The summed E-state index contributed by atoms with van der Waals surface area (Å²) in [7, 11) is 3.44. The number of aromatic nitrogens is 3. The molecule has 0 saturated carbocycles. The van der Waals surface area contributed by atoms with Gasteiger partial charge in [-0.15, -0.1) is 0 Å². The molecule has 6 nitrogen and oxygen atoms in total. The Labute approximate surface area is 175 Å². The third-order valence-electron chi connectivity index (χ3n) is 5.06. The highest BCUT2D eigenvalue weighted by atomic mass is 16.5. The van der Waals surface area contributed by atoms with Gasteiger partial charge in [0.25, 0.3) is 5.91 Å². The Morgan fingerprint density at radius 3 is 2.60 bits per heavy atom. The zero-order chi connectivity index (χ0) is 20.9. The summed E-state index contributed by atoms with van der Waals surface area (Å²) in [6.07, 6.45) is 1.80. The highest BCUT2D eigenvalue weighted by molar-refractivity contribution is 6.04. The number of pyridine rings is 1. The molecule has 0 bridgehead atoms. The maximum absolute atomic E-state index is 12.7. The molecule has 2 heterocycles. The van der Waals surface area contributed by atoms with Gasteiger partial charge in [-0.1, -0.05) is 42.5 Å². The standard InChI is InChI=1S/C24H24N4O2/c1-28-23-19(14-15-20(26-23)18-12-6-7-13-21(18)30-2)22(27-28)24(29)25-16-8-11-17-9-4-3-5-10-17/h3-7,9-10,12-15H,8,11,16H2,1-2H3,(H,25,29). The molecular formula is C24H24N4O2. The van der Waals surface area contributed by atoms with Gasteiger partial charge in [0.05, 0.1) is 18.2 Å². The SMILES string of the molecule is COc1ccccc1-c1ccc2c(C(=O)NCCCc3ccccc3)nn(C)c2n1. The summed E-state index contributed by atoms with van der Waals surface area (Å²) >= 11 is 0. The molecule has 1 N–H and O–H groups in total. The first-order chi connectivity index (χ1) is 14.7. The fourth-order valence-electron chi connectivity index (χ4n) is 3.53. The minimum absolute atomic E-state index is 0.180. The molecule has 0 fully saturated rings. The highest BCUT2D eigenvalue weighted by Crippen LogP contribution is 2.30. The minimum atomic E-state index is -0.180. The quantitative estimate of drug-likeness (QED) is 0.476. The van der Waals surface area contributed by atoms with Crippen LogP contribution in [0.1, 0.15) is 22.5 Å². The first-order valence-electron chi connectivity index (χ1n) is 9.96. The maximum Gasteiger partial charge on any atom is 0.272 e. The van der Waals surface area contributed by atoms with Crippen molar-refractivity contribution in [2.45, 2.75) is 12.8 Å².